The summed E-state index contributed by atoms with van der Waals surface area (Å²) in [7, 11) is 1.95. The molecular formula is C12H21N3O2. The fourth-order valence-electron chi connectivity index (χ4n) is 1.83. The van der Waals surface area contributed by atoms with Gasteiger partial charge in [-0.2, -0.15) is 0 Å². The maximum absolute atomic E-state index is 11.5. The molecule has 0 saturated carbocycles. The van der Waals surface area contributed by atoms with E-state index in [2.05, 4.69) is 5.43 Å². The van der Waals surface area contributed by atoms with Gasteiger partial charge in [-0.3, -0.25) is 15.1 Å². The second kappa shape index (κ2) is 5.33. The number of carbonyl (C=O) groups is 1. The summed E-state index contributed by atoms with van der Waals surface area (Å²) >= 11 is 0. The maximum Gasteiger partial charge on any atom is 0.240 e. The molecule has 0 saturated heterocycles. The van der Waals surface area contributed by atoms with Gasteiger partial charge in [-0.15, -0.1) is 0 Å². The van der Waals surface area contributed by atoms with Crippen molar-refractivity contribution < 1.29 is 9.21 Å². The first-order valence-corrected chi connectivity index (χ1v) is 5.60. The molecule has 0 fully saturated rings. The number of hydrogen-bond acceptors (Lipinski definition) is 4. The van der Waals surface area contributed by atoms with Crippen LogP contribution in [0.4, 0.5) is 0 Å². The fourth-order valence-corrected chi connectivity index (χ4v) is 1.83. The van der Waals surface area contributed by atoms with E-state index < -0.39 is 5.41 Å². The Kier molecular flexibility index (Phi) is 4.31. The van der Waals surface area contributed by atoms with Crippen molar-refractivity contribution in [2.75, 3.05) is 13.6 Å². The van der Waals surface area contributed by atoms with Gasteiger partial charge in [0.05, 0.1) is 12.0 Å². The van der Waals surface area contributed by atoms with Gasteiger partial charge in [0.1, 0.15) is 11.5 Å². The van der Waals surface area contributed by atoms with E-state index in [1.54, 1.807) is 0 Å². The van der Waals surface area contributed by atoms with Crippen LogP contribution in [0, 0.1) is 12.3 Å². The zero-order chi connectivity index (χ0) is 13.1. The highest BCUT2D eigenvalue weighted by molar-refractivity contribution is 5.81. The molecule has 96 valence electrons. The standard InChI is InChI=1S/C12H21N3O2/c1-9-5-6-10(17-9)7-15(4)8-12(2,3)11(16)14-13/h5-6H,7-8,13H2,1-4H3,(H,14,16). The van der Waals surface area contributed by atoms with Crippen LogP contribution in [0.15, 0.2) is 16.5 Å². The zero-order valence-corrected chi connectivity index (χ0v) is 10.9. The highest BCUT2D eigenvalue weighted by atomic mass is 16.3. The summed E-state index contributed by atoms with van der Waals surface area (Å²) in [4.78, 5) is 13.6. The third kappa shape index (κ3) is 3.87. The highest BCUT2D eigenvalue weighted by Gasteiger charge is 2.28. The normalized spacial score (nSPS) is 11.9. The summed E-state index contributed by atoms with van der Waals surface area (Å²) in [5.74, 6) is 6.78. The molecule has 0 unspecified atom stereocenters. The minimum absolute atomic E-state index is 0.167. The van der Waals surface area contributed by atoms with Crippen molar-refractivity contribution in [1.29, 1.82) is 0 Å². The van der Waals surface area contributed by atoms with Gasteiger partial charge in [-0.25, -0.2) is 5.84 Å². The van der Waals surface area contributed by atoms with E-state index in [9.17, 15) is 4.79 Å². The van der Waals surface area contributed by atoms with Crippen molar-refractivity contribution in [1.82, 2.24) is 10.3 Å². The van der Waals surface area contributed by atoms with Crippen LogP contribution in [0.5, 0.6) is 0 Å². The van der Waals surface area contributed by atoms with E-state index in [4.69, 9.17) is 10.3 Å². The number of carbonyl (C=O) groups excluding carboxylic acids is 1. The Morgan fingerprint density at radius 3 is 2.65 bits per heavy atom. The molecule has 0 spiro atoms. The van der Waals surface area contributed by atoms with Crippen molar-refractivity contribution in [2.45, 2.75) is 27.3 Å². The summed E-state index contributed by atoms with van der Waals surface area (Å²) in [5, 5.41) is 0. The summed E-state index contributed by atoms with van der Waals surface area (Å²) in [6.07, 6.45) is 0. The number of hydrazine groups is 1. The van der Waals surface area contributed by atoms with Crippen LogP contribution >= 0.6 is 0 Å². The molecule has 1 heterocycles. The Morgan fingerprint density at radius 1 is 1.53 bits per heavy atom. The number of hydrogen-bond donors (Lipinski definition) is 2. The molecule has 0 aliphatic rings. The Morgan fingerprint density at radius 2 is 2.18 bits per heavy atom. The Labute approximate surface area is 102 Å². The van der Waals surface area contributed by atoms with Gasteiger partial charge in [-0.05, 0) is 40.0 Å². The van der Waals surface area contributed by atoms with E-state index in [1.165, 1.54) is 0 Å². The number of amides is 1. The fraction of sp³-hybridized carbons (Fsp3) is 0.583. The number of nitrogens with one attached hydrogen (secondary N) is 1. The second-order valence-electron chi connectivity index (χ2n) is 5.04. The topological polar surface area (TPSA) is 71.5 Å². The monoisotopic (exact) mass is 239 g/mol. The SMILES string of the molecule is Cc1ccc(CN(C)CC(C)(C)C(=O)NN)o1. The number of nitrogens with two attached hydrogens (primary N) is 1. The Hall–Kier alpha value is -1.33. The largest absolute Gasteiger partial charge is 0.465 e. The Balaban J connectivity index is 2.54. The molecule has 1 aromatic heterocycles. The van der Waals surface area contributed by atoms with E-state index in [1.807, 2.05) is 44.9 Å². The van der Waals surface area contributed by atoms with Crippen LogP contribution in [-0.4, -0.2) is 24.4 Å². The minimum Gasteiger partial charge on any atom is -0.465 e. The number of nitrogens with zero attached hydrogens (tertiary/aromatic N) is 1. The lowest BCUT2D eigenvalue weighted by atomic mass is 9.92. The summed E-state index contributed by atoms with van der Waals surface area (Å²) in [6.45, 7) is 6.92. The van der Waals surface area contributed by atoms with Crippen LogP contribution in [0.25, 0.3) is 0 Å². The van der Waals surface area contributed by atoms with Gasteiger partial charge < -0.3 is 4.42 Å². The summed E-state index contributed by atoms with van der Waals surface area (Å²) < 4.78 is 5.49. The van der Waals surface area contributed by atoms with E-state index in [0.717, 1.165) is 11.5 Å². The van der Waals surface area contributed by atoms with Gasteiger partial charge >= 0.3 is 0 Å². The van der Waals surface area contributed by atoms with Gasteiger partial charge in [0.2, 0.25) is 5.91 Å². The van der Waals surface area contributed by atoms with Crippen molar-refractivity contribution in [2.24, 2.45) is 11.3 Å². The van der Waals surface area contributed by atoms with Crippen LogP contribution in [0.3, 0.4) is 0 Å². The molecule has 3 N–H and O–H groups in total. The molecule has 17 heavy (non-hydrogen) atoms. The molecule has 1 aromatic rings. The number of aryl methyl sites for hydroxylation is 1. The molecule has 0 radical (unpaired) electrons. The van der Waals surface area contributed by atoms with E-state index >= 15 is 0 Å². The number of rotatable bonds is 5. The highest BCUT2D eigenvalue weighted by Crippen LogP contribution is 2.18. The van der Waals surface area contributed by atoms with E-state index in [-0.39, 0.29) is 5.91 Å². The average molecular weight is 239 g/mol. The summed E-state index contributed by atoms with van der Waals surface area (Å²) in [5.41, 5.74) is 1.67. The van der Waals surface area contributed by atoms with Crippen LogP contribution < -0.4 is 11.3 Å². The molecule has 0 aromatic carbocycles. The third-order valence-corrected chi connectivity index (χ3v) is 2.63. The lowest BCUT2D eigenvalue weighted by molar-refractivity contribution is -0.130. The molecule has 1 amide bonds. The average Bonchev–Trinajstić information content (AvgIpc) is 2.61. The summed E-state index contributed by atoms with van der Waals surface area (Å²) in [6, 6.07) is 3.88. The molecule has 5 nitrogen and oxygen atoms in total. The first-order valence-electron chi connectivity index (χ1n) is 5.60. The quantitative estimate of drug-likeness (QED) is 0.457. The first-order chi connectivity index (χ1) is 7.85. The molecule has 1 rings (SSSR count). The second-order valence-corrected chi connectivity index (χ2v) is 5.04. The van der Waals surface area contributed by atoms with Gasteiger partial charge in [0.25, 0.3) is 0 Å². The van der Waals surface area contributed by atoms with Crippen molar-refractivity contribution in [3.8, 4) is 0 Å². The van der Waals surface area contributed by atoms with Crippen molar-refractivity contribution in [3.63, 3.8) is 0 Å². The minimum atomic E-state index is -0.523. The lowest BCUT2D eigenvalue weighted by Gasteiger charge is -2.27. The molecule has 0 aliphatic heterocycles. The van der Waals surface area contributed by atoms with E-state index in [0.29, 0.717) is 13.1 Å². The maximum atomic E-state index is 11.5. The van der Waals surface area contributed by atoms with Crippen LogP contribution in [-0.2, 0) is 11.3 Å². The van der Waals surface area contributed by atoms with Crippen LogP contribution in [0.2, 0.25) is 0 Å². The van der Waals surface area contributed by atoms with Crippen molar-refractivity contribution in [3.05, 3.63) is 23.7 Å². The molecular weight excluding hydrogens is 218 g/mol. The number of furan rings is 1. The van der Waals surface area contributed by atoms with Gasteiger partial charge in [0, 0.05) is 6.54 Å². The lowest BCUT2D eigenvalue weighted by Crippen LogP contribution is -2.46. The molecule has 0 aliphatic carbocycles. The Bertz CT molecular complexity index is 385. The predicted molar refractivity (Wildman–Crippen MR) is 65.9 cm³/mol. The smallest absolute Gasteiger partial charge is 0.240 e. The first kappa shape index (κ1) is 13.7. The molecule has 0 atom stereocenters. The van der Waals surface area contributed by atoms with Gasteiger partial charge in [0.15, 0.2) is 0 Å². The van der Waals surface area contributed by atoms with Crippen LogP contribution in [0.1, 0.15) is 25.4 Å². The molecule has 0 bridgehead atoms. The van der Waals surface area contributed by atoms with Gasteiger partial charge in [-0.1, -0.05) is 0 Å². The third-order valence-electron chi connectivity index (χ3n) is 2.63. The molecule has 5 heteroatoms. The van der Waals surface area contributed by atoms with Crippen molar-refractivity contribution >= 4 is 5.91 Å². The predicted octanol–water partition coefficient (Wildman–Crippen LogP) is 1.04. The zero-order valence-electron chi connectivity index (χ0n) is 10.9.